The van der Waals surface area contributed by atoms with Gasteiger partial charge in [0, 0.05) is 18.6 Å². The second kappa shape index (κ2) is 4.71. The highest BCUT2D eigenvalue weighted by Crippen LogP contribution is 2.44. The summed E-state index contributed by atoms with van der Waals surface area (Å²) in [5.74, 6) is 0.917. The molecule has 0 amide bonds. The fourth-order valence-electron chi connectivity index (χ4n) is 4.26. The minimum absolute atomic E-state index is 0.131. The van der Waals surface area contributed by atoms with E-state index in [0.29, 0.717) is 17.5 Å². The average Bonchev–Trinajstić information content (AvgIpc) is 2.73. The monoisotopic (exact) mass is 266 g/mol. The van der Waals surface area contributed by atoms with Crippen molar-refractivity contribution in [3.8, 4) is 0 Å². The Hall–Kier alpha value is -0.120. The Labute approximate surface area is 118 Å². The zero-order valence-corrected chi connectivity index (χ0v) is 13.0. The summed E-state index contributed by atoms with van der Waals surface area (Å²) >= 11 is 0. The van der Waals surface area contributed by atoms with Crippen LogP contribution in [0.2, 0.25) is 0 Å². The van der Waals surface area contributed by atoms with E-state index in [1.54, 1.807) is 0 Å². The van der Waals surface area contributed by atoms with E-state index in [9.17, 15) is 0 Å². The molecule has 3 heteroatoms. The van der Waals surface area contributed by atoms with Crippen molar-refractivity contribution < 1.29 is 4.74 Å². The van der Waals surface area contributed by atoms with Gasteiger partial charge in [0.15, 0.2) is 0 Å². The first-order valence-corrected chi connectivity index (χ1v) is 8.02. The molecule has 0 aromatic heterocycles. The van der Waals surface area contributed by atoms with Gasteiger partial charge in [-0.05, 0) is 43.7 Å². The van der Waals surface area contributed by atoms with Gasteiger partial charge >= 0.3 is 0 Å². The molecule has 3 nitrogen and oxygen atoms in total. The topological polar surface area (TPSA) is 24.5 Å². The maximum atomic E-state index is 6.30. The van der Waals surface area contributed by atoms with E-state index in [2.05, 4.69) is 37.9 Å². The van der Waals surface area contributed by atoms with Crippen molar-refractivity contribution in [2.45, 2.75) is 64.6 Å². The van der Waals surface area contributed by atoms with Gasteiger partial charge in [0.25, 0.3) is 0 Å². The van der Waals surface area contributed by atoms with Gasteiger partial charge in [-0.1, -0.05) is 27.7 Å². The third kappa shape index (κ3) is 2.45. The van der Waals surface area contributed by atoms with Crippen LogP contribution in [0.25, 0.3) is 0 Å². The molecule has 3 aliphatic rings. The van der Waals surface area contributed by atoms with Gasteiger partial charge in [-0.25, -0.2) is 0 Å². The number of nitrogens with one attached hydrogen (secondary N) is 1. The predicted octanol–water partition coefficient (Wildman–Crippen LogP) is 2.26. The summed E-state index contributed by atoms with van der Waals surface area (Å²) in [6.45, 7) is 13.9. The lowest BCUT2D eigenvalue weighted by atomic mass is 9.69. The van der Waals surface area contributed by atoms with Crippen LogP contribution in [0.15, 0.2) is 0 Å². The van der Waals surface area contributed by atoms with Crippen molar-refractivity contribution in [2.24, 2.45) is 11.3 Å². The number of likely N-dealkylation sites (tertiary alicyclic amines) is 1. The van der Waals surface area contributed by atoms with Crippen molar-refractivity contribution in [3.05, 3.63) is 0 Å². The molecular formula is C16H30N2O. The van der Waals surface area contributed by atoms with E-state index in [-0.39, 0.29) is 5.60 Å². The average molecular weight is 266 g/mol. The highest BCUT2D eigenvalue weighted by atomic mass is 16.5. The molecule has 3 saturated heterocycles. The summed E-state index contributed by atoms with van der Waals surface area (Å²) in [7, 11) is 0. The zero-order valence-electron chi connectivity index (χ0n) is 13.0. The number of piperidine rings is 1. The van der Waals surface area contributed by atoms with Crippen LogP contribution in [0, 0.1) is 11.3 Å². The lowest BCUT2D eigenvalue weighted by molar-refractivity contribution is -0.110. The predicted molar refractivity (Wildman–Crippen MR) is 78.3 cm³/mol. The van der Waals surface area contributed by atoms with Crippen LogP contribution in [0.5, 0.6) is 0 Å². The summed E-state index contributed by atoms with van der Waals surface area (Å²) in [6, 6.07) is 1.19. The van der Waals surface area contributed by atoms with E-state index >= 15 is 0 Å². The second-order valence-electron chi connectivity index (χ2n) is 8.13. The van der Waals surface area contributed by atoms with Crippen LogP contribution in [-0.2, 0) is 4.74 Å². The first kappa shape index (κ1) is 13.8. The Morgan fingerprint density at radius 1 is 1.21 bits per heavy atom. The molecule has 3 fully saturated rings. The Morgan fingerprint density at radius 3 is 2.42 bits per heavy atom. The molecule has 0 bridgehead atoms. The Bertz CT molecular complexity index is 330. The summed E-state index contributed by atoms with van der Waals surface area (Å²) in [6.07, 6.45) is 3.96. The molecule has 3 aliphatic heterocycles. The van der Waals surface area contributed by atoms with Crippen LogP contribution >= 0.6 is 0 Å². The highest BCUT2D eigenvalue weighted by molar-refractivity contribution is 5.13. The van der Waals surface area contributed by atoms with Crippen LogP contribution in [0.1, 0.15) is 47.0 Å². The lowest BCUT2D eigenvalue weighted by Crippen LogP contribution is -2.72. The van der Waals surface area contributed by atoms with Crippen molar-refractivity contribution in [1.29, 1.82) is 0 Å². The van der Waals surface area contributed by atoms with Gasteiger partial charge < -0.3 is 10.1 Å². The summed E-state index contributed by atoms with van der Waals surface area (Å²) in [5.41, 5.74) is 0.426. The van der Waals surface area contributed by atoms with Gasteiger partial charge in [0.05, 0.1) is 12.2 Å². The molecule has 0 aliphatic carbocycles. The normalized spacial score (nSPS) is 41.7. The summed E-state index contributed by atoms with van der Waals surface area (Å²) in [5, 5.41) is 3.61. The number of ether oxygens (including phenoxy) is 1. The van der Waals surface area contributed by atoms with E-state index in [1.807, 2.05) is 0 Å². The largest absolute Gasteiger partial charge is 0.370 e. The van der Waals surface area contributed by atoms with Crippen LogP contribution in [0.4, 0.5) is 0 Å². The Balaban J connectivity index is 1.61. The van der Waals surface area contributed by atoms with Gasteiger partial charge in [0.1, 0.15) is 0 Å². The molecular weight excluding hydrogens is 236 g/mol. The number of hydrogen-bond acceptors (Lipinski definition) is 3. The molecule has 0 saturated carbocycles. The molecule has 3 rings (SSSR count). The Kier molecular flexibility index (Phi) is 3.43. The minimum atomic E-state index is 0.131. The van der Waals surface area contributed by atoms with E-state index < -0.39 is 0 Å². The highest BCUT2D eigenvalue weighted by Gasteiger charge is 2.57. The number of nitrogens with zero attached hydrogens (tertiary/aromatic N) is 1. The zero-order chi connectivity index (χ0) is 13.7. The minimum Gasteiger partial charge on any atom is -0.370 e. The molecule has 3 unspecified atom stereocenters. The van der Waals surface area contributed by atoms with E-state index in [0.717, 1.165) is 19.1 Å². The van der Waals surface area contributed by atoms with Crippen LogP contribution in [0.3, 0.4) is 0 Å². The second-order valence-corrected chi connectivity index (χ2v) is 8.13. The number of rotatable bonds is 1. The number of hydrogen-bond donors (Lipinski definition) is 1. The fraction of sp³-hybridized carbons (Fsp3) is 1.00. The van der Waals surface area contributed by atoms with Crippen molar-refractivity contribution in [1.82, 2.24) is 10.2 Å². The molecule has 3 heterocycles. The van der Waals surface area contributed by atoms with Crippen molar-refractivity contribution in [2.75, 3.05) is 26.2 Å². The molecule has 0 radical (unpaired) electrons. The first-order valence-electron chi connectivity index (χ1n) is 8.02. The van der Waals surface area contributed by atoms with Crippen molar-refractivity contribution in [3.63, 3.8) is 0 Å². The van der Waals surface area contributed by atoms with E-state index in [1.165, 1.54) is 32.4 Å². The maximum Gasteiger partial charge on any atom is 0.0979 e. The molecule has 0 aromatic rings. The van der Waals surface area contributed by atoms with Crippen molar-refractivity contribution >= 4 is 0 Å². The van der Waals surface area contributed by atoms with E-state index in [4.69, 9.17) is 4.74 Å². The third-order valence-corrected chi connectivity index (χ3v) is 5.48. The van der Waals surface area contributed by atoms with Gasteiger partial charge in [-0.15, -0.1) is 0 Å². The lowest BCUT2D eigenvalue weighted by Gasteiger charge is -2.53. The van der Waals surface area contributed by atoms with Gasteiger partial charge in [-0.3, -0.25) is 4.90 Å². The SMILES string of the molecule is CC1CCN(C2COC3(CNC3C(C)(C)C)C2)CC1. The Morgan fingerprint density at radius 2 is 1.89 bits per heavy atom. The van der Waals surface area contributed by atoms with Crippen LogP contribution in [-0.4, -0.2) is 48.8 Å². The van der Waals surface area contributed by atoms with Crippen LogP contribution < -0.4 is 5.32 Å². The first-order chi connectivity index (χ1) is 8.91. The quantitative estimate of drug-likeness (QED) is 0.788. The molecule has 1 N–H and O–H groups in total. The molecule has 3 atom stereocenters. The van der Waals surface area contributed by atoms with Gasteiger partial charge in [-0.2, -0.15) is 0 Å². The molecule has 0 aromatic carbocycles. The maximum absolute atomic E-state index is 6.30. The fourth-order valence-corrected chi connectivity index (χ4v) is 4.26. The van der Waals surface area contributed by atoms with Gasteiger partial charge in [0.2, 0.25) is 0 Å². The summed E-state index contributed by atoms with van der Waals surface area (Å²) < 4.78 is 6.30. The molecule has 19 heavy (non-hydrogen) atoms. The summed E-state index contributed by atoms with van der Waals surface area (Å²) in [4.78, 5) is 2.69. The standard InChI is InChI=1S/C16H30N2O/c1-12-5-7-18(8-6-12)13-9-16(19-10-13)11-17-14(16)15(2,3)4/h12-14,17H,5-11H2,1-4H3. The molecule has 1 spiro atoms. The smallest absolute Gasteiger partial charge is 0.0979 e. The molecule has 110 valence electrons. The third-order valence-electron chi connectivity index (χ3n) is 5.48.